The lowest BCUT2D eigenvalue weighted by atomic mass is 10.0. The van der Waals surface area contributed by atoms with Crippen LogP contribution >= 0.6 is 10.8 Å². The molecule has 158 valence electrons. The number of aromatic nitrogens is 2. The van der Waals surface area contributed by atoms with Crippen LogP contribution in [0, 0.1) is 27.7 Å². The third-order valence-electron chi connectivity index (χ3n) is 5.49. The van der Waals surface area contributed by atoms with E-state index in [4.69, 9.17) is 0 Å². The summed E-state index contributed by atoms with van der Waals surface area (Å²) in [5, 5.41) is 6.57. The molecule has 1 aliphatic rings. The van der Waals surface area contributed by atoms with Gasteiger partial charge < -0.3 is 10.6 Å². The van der Waals surface area contributed by atoms with Gasteiger partial charge in [-0.3, -0.25) is 9.11 Å². The van der Waals surface area contributed by atoms with E-state index in [0.717, 1.165) is 28.9 Å². The van der Waals surface area contributed by atoms with Gasteiger partial charge in [-0.1, -0.05) is 6.07 Å². The molecule has 8 heteroatoms. The third-order valence-corrected chi connectivity index (χ3v) is 7.09. The first-order valence-electron chi connectivity index (χ1n) is 9.84. The molecule has 0 radical (unpaired) electrons. The Balaban J connectivity index is 1.60. The van der Waals surface area contributed by atoms with Crippen molar-refractivity contribution in [3.8, 4) is 0 Å². The van der Waals surface area contributed by atoms with E-state index < -0.39 is 10.8 Å². The van der Waals surface area contributed by atoms with Crippen molar-refractivity contribution in [1.29, 1.82) is 0 Å². The molecule has 0 unspecified atom stereocenters. The van der Waals surface area contributed by atoms with Crippen LogP contribution in [0.4, 0.5) is 23.1 Å². The minimum atomic E-state index is -2.96. The number of rotatable bonds is 4. The lowest BCUT2D eigenvalue weighted by Crippen LogP contribution is -2.28. The van der Waals surface area contributed by atoms with Crippen LogP contribution in [0.15, 0.2) is 41.4 Å². The average molecular weight is 426 g/mol. The lowest BCUT2D eigenvalue weighted by Gasteiger charge is -2.38. The molecule has 0 fully saturated rings. The van der Waals surface area contributed by atoms with Gasteiger partial charge >= 0.3 is 0 Å². The van der Waals surface area contributed by atoms with Crippen LogP contribution in [-0.2, 0) is 6.42 Å². The second-order valence-electron chi connectivity index (χ2n) is 7.73. The monoisotopic (exact) mass is 425 g/mol. The maximum Gasteiger partial charge on any atom is 0.229 e. The van der Waals surface area contributed by atoms with E-state index in [2.05, 4.69) is 58.2 Å². The van der Waals surface area contributed by atoms with E-state index in [-0.39, 0.29) is 0 Å². The van der Waals surface area contributed by atoms with Gasteiger partial charge in [0.25, 0.3) is 0 Å². The Labute approximate surface area is 178 Å². The molecular weight excluding hydrogens is 398 g/mol. The summed E-state index contributed by atoms with van der Waals surface area (Å²) in [5.41, 5.74) is 7.23. The number of fused-ring (bicyclic) bond motifs is 1. The number of anilines is 4. The summed E-state index contributed by atoms with van der Waals surface area (Å²) in [6.45, 7) is 8.78. The fourth-order valence-electron chi connectivity index (χ4n) is 3.51. The summed E-state index contributed by atoms with van der Waals surface area (Å²) in [5.74, 6) is 1.16. The summed E-state index contributed by atoms with van der Waals surface area (Å²) in [6.07, 6.45) is 2.53. The number of hydrogen-bond donors (Lipinski definition) is 5. The van der Waals surface area contributed by atoms with E-state index in [1.165, 1.54) is 16.7 Å². The van der Waals surface area contributed by atoms with Crippen LogP contribution in [0.5, 0.6) is 0 Å². The van der Waals surface area contributed by atoms with Crippen molar-refractivity contribution in [1.82, 2.24) is 14.7 Å². The van der Waals surface area contributed by atoms with Gasteiger partial charge in [0.15, 0.2) is 0 Å². The summed E-state index contributed by atoms with van der Waals surface area (Å²) in [4.78, 5) is 9.57. The van der Waals surface area contributed by atoms with Crippen LogP contribution in [0.2, 0.25) is 0 Å². The second-order valence-corrected chi connectivity index (χ2v) is 9.55. The smallest absolute Gasteiger partial charge is 0.229 e. The summed E-state index contributed by atoms with van der Waals surface area (Å²) >= 11 is 0. The number of nitrogens with zero attached hydrogens (tertiary/aromatic N) is 2. The predicted octanol–water partition coefficient (Wildman–Crippen LogP) is 5.37. The zero-order chi connectivity index (χ0) is 21.5. The molecule has 0 aliphatic carbocycles. The van der Waals surface area contributed by atoms with Crippen molar-refractivity contribution >= 4 is 33.9 Å². The highest BCUT2D eigenvalue weighted by molar-refractivity contribution is 8.22. The van der Waals surface area contributed by atoms with Gasteiger partial charge in [-0.25, -0.2) is 9.71 Å². The summed E-state index contributed by atoms with van der Waals surface area (Å²) in [6, 6.07) is 9.80. The van der Waals surface area contributed by atoms with Crippen LogP contribution in [0.3, 0.4) is 0 Å². The van der Waals surface area contributed by atoms with Gasteiger partial charge in [-0.2, -0.15) is 4.98 Å². The molecule has 7 nitrogen and oxygen atoms in total. The van der Waals surface area contributed by atoms with Crippen molar-refractivity contribution in [2.75, 3.05) is 17.2 Å². The van der Waals surface area contributed by atoms with Crippen LogP contribution in [0.25, 0.3) is 0 Å². The minimum Gasteiger partial charge on any atom is -0.340 e. The summed E-state index contributed by atoms with van der Waals surface area (Å²) < 4.78 is 23.4. The Morgan fingerprint density at radius 1 is 0.933 bits per heavy atom. The van der Waals surface area contributed by atoms with Gasteiger partial charge in [-0.15, -0.1) is 10.8 Å². The molecule has 0 atom stereocenters. The zero-order valence-corrected chi connectivity index (χ0v) is 18.4. The molecule has 30 heavy (non-hydrogen) atoms. The maximum absolute atomic E-state index is 10.3. The highest BCUT2D eigenvalue weighted by Crippen LogP contribution is 2.49. The maximum atomic E-state index is 10.3. The molecule has 1 aromatic heterocycles. The molecule has 0 amide bonds. The molecule has 0 saturated carbocycles. The number of hydrogen-bond acceptors (Lipinski definition) is 7. The first kappa shape index (κ1) is 20.6. The molecular formula is C22H27N5O2S. The van der Waals surface area contributed by atoms with E-state index in [9.17, 15) is 9.11 Å². The Morgan fingerprint density at radius 3 is 2.40 bits per heavy atom. The molecule has 3 aromatic rings. The fraction of sp³-hybridized carbons (Fsp3) is 0.273. The van der Waals surface area contributed by atoms with Crippen molar-refractivity contribution in [2.45, 2.75) is 39.0 Å². The normalized spacial score (nSPS) is 15.9. The van der Waals surface area contributed by atoms with E-state index in [1.807, 2.05) is 19.1 Å². The molecule has 0 spiro atoms. The van der Waals surface area contributed by atoms with Crippen LogP contribution in [-0.4, -0.2) is 25.6 Å². The number of nitrogens with one attached hydrogen (secondary N) is 3. The van der Waals surface area contributed by atoms with Crippen molar-refractivity contribution in [3.05, 3.63) is 64.3 Å². The number of aryl methyl sites for hydroxylation is 3. The highest BCUT2D eigenvalue weighted by Gasteiger charge is 2.24. The topological polar surface area (TPSA) is 102 Å². The Bertz CT molecular complexity index is 1090. The Hall–Kier alpha value is -2.65. The van der Waals surface area contributed by atoms with Gasteiger partial charge in [0.1, 0.15) is 5.82 Å². The first-order valence-corrected chi connectivity index (χ1v) is 11.4. The van der Waals surface area contributed by atoms with Crippen molar-refractivity contribution in [3.63, 3.8) is 0 Å². The van der Waals surface area contributed by atoms with E-state index in [1.54, 1.807) is 12.3 Å². The third kappa shape index (κ3) is 4.13. The standard InChI is InChI=1S/C22H27N5O2S/c1-13-9-19(10-14(2)16(13)4)26-22-23-12-15(3)21(27-22)25-18-6-5-17-7-8-24-30(28,29)20(17)11-18/h5-6,9-12,24,28-29H,7-8H2,1-4H3,(H2,23,25,26,27). The van der Waals surface area contributed by atoms with Gasteiger partial charge in [0.2, 0.25) is 5.95 Å². The Morgan fingerprint density at radius 2 is 1.67 bits per heavy atom. The predicted molar refractivity (Wildman–Crippen MR) is 123 cm³/mol. The SMILES string of the molecule is Cc1cnc(Nc2cc(C)c(C)c(C)c2)nc1Nc1ccc2c(c1)S(O)(O)NCC2. The summed E-state index contributed by atoms with van der Waals surface area (Å²) in [7, 11) is -2.96. The van der Waals surface area contributed by atoms with E-state index in [0.29, 0.717) is 23.2 Å². The molecule has 1 aliphatic heterocycles. The molecule has 5 N–H and O–H groups in total. The number of benzene rings is 2. The minimum absolute atomic E-state index is 0.495. The lowest BCUT2D eigenvalue weighted by molar-refractivity contribution is 0.462. The van der Waals surface area contributed by atoms with Crippen LogP contribution in [0.1, 0.15) is 27.8 Å². The molecule has 2 heterocycles. The van der Waals surface area contributed by atoms with Gasteiger partial charge in [0.05, 0.1) is 4.90 Å². The quantitative estimate of drug-likeness (QED) is 0.383. The van der Waals surface area contributed by atoms with Gasteiger partial charge in [-0.05, 0) is 80.6 Å². The van der Waals surface area contributed by atoms with Crippen LogP contribution < -0.4 is 15.4 Å². The van der Waals surface area contributed by atoms with Gasteiger partial charge in [0, 0.05) is 29.7 Å². The Kier molecular flexibility index (Phi) is 5.42. The van der Waals surface area contributed by atoms with Crippen molar-refractivity contribution in [2.24, 2.45) is 0 Å². The largest absolute Gasteiger partial charge is 0.340 e. The zero-order valence-electron chi connectivity index (χ0n) is 17.6. The molecule has 4 rings (SSSR count). The average Bonchev–Trinajstić information content (AvgIpc) is 2.69. The molecule has 0 bridgehead atoms. The molecule has 2 aromatic carbocycles. The van der Waals surface area contributed by atoms with E-state index >= 15 is 0 Å². The fourth-order valence-corrected chi connectivity index (χ4v) is 4.88. The highest BCUT2D eigenvalue weighted by atomic mass is 32.3. The molecule has 0 saturated heterocycles. The first-order chi connectivity index (χ1) is 14.2. The second kappa shape index (κ2) is 7.88. The van der Waals surface area contributed by atoms with Crippen molar-refractivity contribution < 1.29 is 9.11 Å².